The van der Waals surface area contributed by atoms with Gasteiger partial charge in [0.2, 0.25) is 0 Å². The van der Waals surface area contributed by atoms with Crippen LogP contribution in [0.2, 0.25) is 0 Å². The van der Waals surface area contributed by atoms with Crippen molar-refractivity contribution in [2.45, 2.75) is 0 Å². The van der Waals surface area contributed by atoms with Crippen molar-refractivity contribution in [3.8, 4) is 11.4 Å². The molecule has 0 amide bonds. The molecule has 0 aliphatic heterocycles. The third-order valence-electron chi connectivity index (χ3n) is 2.87. The maximum atomic E-state index is 5.81. The number of anilines is 2. The van der Waals surface area contributed by atoms with Crippen molar-refractivity contribution in [3.63, 3.8) is 0 Å². The van der Waals surface area contributed by atoms with Gasteiger partial charge in [-0.15, -0.1) is 3.96 Å². The Hall–Kier alpha value is -1.59. The Morgan fingerprint density at radius 3 is 2.22 bits per heavy atom. The van der Waals surface area contributed by atoms with E-state index in [1.165, 1.54) is 11.5 Å². The predicted octanol–water partition coefficient (Wildman–Crippen LogP) is 2.08. The Morgan fingerprint density at radius 1 is 1.00 bits per heavy atom. The van der Waals surface area contributed by atoms with E-state index in [0.717, 1.165) is 22.2 Å². The molecule has 0 aliphatic rings. The number of hydrogen-bond donors (Lipinski definition) is 1. The zero-order valence-electron chi connectivity index (χ0n) is 11.8. The van der Waals surface area contributed by atoms with E-state index in [2.05, 4.69) is 10.3 Å². The van der Waals surface area contributed by atoms with Crippen LogP contribution in [0.5, 0.6) is 0 Å². The number of nitrogens with zero attached hydrogens (tertiary/aromatic N) is 2. The lowest BCUT2D eigenvalue weighted by Gasteiger charge is -1.95. The van der Waals surface area contributed by atoms with E-state index in [1.54, 1.807) is 6.20 Å². The fraction of sp³-hybridized carbons (Fsp3) is 0. The first-order valence-corrected chi connectivity index (χ1v) is 8.08. The average molecular weight is 385 g/mol. The van der Waals surface area contributed by atoms with Crippen LogP contribution >= 0.6 is 34.7 Å². The third-order valence-corrected chi connectivity index (χ3v) is 3.91. The van der Waals surface area contributed by atoms with Crippen molar-refractivity contribution in [2.24, 2.45) is 0 Å². The lowest BCUT2D eigenvalue weighted by Crippen LogP contribution is -3.00. The number of hydrogen-bond acceptors (Lipinski definition) is 3. The van der Waals surface area contributed by atoms with Crippen LogP contribution in [0.1, 0.15) is 0 Å². The summed E-state index contributed by atoms with van der Waals surface area (Å²) in [6, 6.07) is 19.8. The van der Waals surface area contributed by atoms with Crippen molar-refractivity contribution in [1.29, 1.82) is 0 Å². The highest BCUT2D eigenvalue weighted by atomic mass is 35.5. The maximum Gasteiger partial charge on any atom is 0.350 e. The molecule has 0 saturated heterocycles. The average Bonchev–Trinajstić information content (AvgIpc) is 2.91. The molecule has 0 aliphatic carbocycles. The summed E-state index contributed by atoms with van der Waals surface area (Å²) in [6.45, 7) is 0. The molecule has 0 spiro atoms. The molecule has 1 N–H and O–H groups in total. The summed E-state index contributed by atoms with van der Waals surface area (Å²) in [5, 5.41) is 4.04. The number of benzene rings is 2. The van der Waals surface area contributed by atoms with Crippen molar-refractivity contribution in [3.05, 3.63) is 65.2 Å². The molecule has 3 nitrogen and oxygen atoms in total. The van der Waals surface area contributed by atoms with Gasteiger partial charge in [-0.2, -0.15) is 0 Å². The van der Waals surface area contributed by atoms with E-state index in [1.807, 2.05) is 64.6 Å². The summed E-state index contributed by atoms with van der Waals surface area (Å²) in [6.07, 6.45) is 1.64. The topological polar surface area (TPSA) is 28.8 Å². The second-order valence-electron chi connectivity index (χ2n) is 4.43. The monoisotopic (exact) mass is 383 g/mol. The van der Waals surface area contributed by atoms with Crippen LogP contribution in [-0.4, -0.2) is 4.98 Å². The number of halogens is 3. The molecule has 3 aromatic rings. The Bertz CT molecular complexity index is 785. The summed E-state index contributed by atoms with van der Waals surface area (Å²) in [7, 11) is 0. The zero-order valence-corrected chi connectivity index (χ0v) is 14.9. The van der Waals surface area contributed by atoms with Crippen molar-refractivity contribution in [2.75, 3.05) is 5.32 Å². The molecule has 1 heterocycles. The van der Waals surface area contributed by atoms with Crippen LogP contribution in [0.4, 0.5) is 10.8 Å². The molecule has 0 atom stereocenters. The highest BCUT2D eigenvalue weighted by molar-refractivity contribution is 7.06. The Labute approximate surface area is 154 Å². The molecule has 7 heteroatoms. The first-order valence-electron chi connectivity index (χ1n) is 6.55. The molecule has 0 saturated carbocycles. The minimum absolute atomic E-state index is 0. The lowest BCUT2D eigenvalue weighted by atomic mass is 10.2. The van der Waals surface area contributed by atoms with Gasteiger partial charge in [-0.1, -0.05) is 59.6 Å². The molecule has 118 valence electrons. The number of para-hydroxylation sites is 1. The van der Waals surface area contributed by atoms with E-state index >= 15 is 0 Å². The van der Waals surface area contributed by atoms with Crippen LogP contribution in [-0.2, 0) is 0 Å². The van der Waals surface area contributed by atoms with E-state index in [-0.39, 0.29) is 16.9 Å². The van der Waals surface area contributed by atoms with Gasteiger partial charge >= 0.3 is 11.0 Å². The maximum absolute atomic E-state index is 5.81. The Kier molecular flexibility index (Phi) is 6.42. The second kappa shape index (κ2) is 8.31. The molecule has 3 rings (SSSR count). The van der Waals surface area contributed by atoms with Crippen molar-refractivity contribution >= 4 is 51.8 Å². The molecule has 0 unspecified atom stereocenters. The van der Waals surface area contributed by atoms with Crippen molar-refractivity contribution < 1.29 is 16.4 Å². The van der Waals surface area contributed by atoms with Gasteiger partial charge in [0.25, 0.3) is 0 Å². The number of nitrogens with one attached hydrogen (secondary N) is 1. The normalized spacial score (nSPS) is 9.83. The highest BCUT2D eigenvalue weighted by Gasteiger charge is 2.22. The van der Waals surface area contributed by atoms with Gasteiger partial charge in [-0.05, 0) is 29.2 Å². The summed E-state index contributed by atoms with van der Waals surface area (Å²) in [4.78, 5) is 4.64. The summed E-state index contributed by atoms with van der Waals surface area (Å²) >= 11 is 13.0. The van der Waals surface area contributed by atoms with E-state index in [0.29, 0.717) is 0 Å². The molecule has 23 heavy (non-hydrogen) atoms. The van der Waals surface area contributed by atoms with Gasteiger partial charge in [-0.3, -0.25) is 0 Å². The third kappa shape index (κ3) is 4.69. The first kappa shape index (κ1) is 17.8. The minimum Gasteiger partial charge on any atom is -1.00 e. The molecule has 0 bridgehead atoms. The fourth-order valence-electron chi connectivity index (χ4n) is 1.95. The summed E-state index contributed by atoms with van der Waals surface area (Å²) < 4.78 is 2.02. The molecule has 0 fully saturated rings. The van der Waals surface area contributed by atoms with Gasteiger partial charge in [0, 0.05) is 5.69 Å². The molecular weight excluding hydrogens is 373 g/mol. The smallest absolute Gasteiger partial charge is 0.350 e. The van der Waals surface area contributed by atoms with Crippen LogP contribution in [0.25, 0.3) is 17.6 Å². The van der Waals surface area contributed by atoms with Gasteiger partial charge in [0.1, 0.15) is 22.2 Å². The van der Waals surface area contributed by atoms with E-state index in [4.69, 9.17) is 23.2 Å². The summed E-state index contributed by atoms with van der Waals surface area (Å²) in [5.74, 6) is 0.780. The summed E-state index contributed by atoms with van der Waals surface area (Å²) in [5.41, 5.74) is 1.97. The van der Waals surface area contributed by atoms with Crippen LogP contribution in [0.3, 0.4) is 0 Å². The standard InChI is InChI=1S/C16H11Cl2N3S.ClH/c17-14(18)11-21-15(12-7-3-1-4-8-12)20-16(22-21)19-13-9-5-2-6-10-13;/h1-11H;1H. The van der Waals surface area contributed by atoms with Gasteiger partial charge < -0.3 is 17.7 Å². The quantitative estimate of drug-likeness (QED) is 0.698. The van der Waals surface area contributed by atoms with Crippen LogP contribution in [0.15, 0.2) is 65.2 Å². The lowest BCUT2D eigenvalue weighted by molar-refractivity contribution is -0.480. The largest absolute Gasteiger partial charge is 1.00 e. The Balaban J connectivity index is 0.00000192. The van der Waals surface area contributed by atoms with Crippen LogP contribution < -0.4 is 21.7 Å². The first-order chi connectivity index (χ1) is 10.7. The number of rotatable bonds is 4. The van der Waals surface area contributed by atoms with Crippen LogP contribution in [0, 0.1) is 0 Å². The molecule has 2 aromatic carbocycles. The molecular formula is C16H12Cl3N3S. The van der Waals surface area contributed by atoms with E-state index in [9.17, 15) is 0 Å². The van der Waals surface area contributed by atoms with Gasteiger partial charge in [0.15, 0.2) is 0 Å². The van der Waals surface area contributed by atoms with Gasteiger partial charge in [-0.25, -0.2) is 0 Å². The van der Waals surface area contributed by atoms with E-state index < -0.39 is 0 Å². The second-order valence-corrected chi connectivity index (χ2v) is 6.40. The molecule has 0 radical (unpaired) electrons. The number of aromatic nitrogens is 2. The predicted molar refractivity (Wildman–Crippen MR) is 93.4 cm³/mol. The van der Waals surface area contributed by atoms with Gasteiger partial charge in [0.05, 0.1) is 5.56 Å². The SMILES string of the molecule is ClC(Cl)=C[n+]1sc(Nc2ccccc2)nc1-c1ccccc1.[Cl-]. The minimum atomic E-state index is 0. The van der Waals surface area contributed by atoms with Crippen molar-refractivity contribution in [1.82, 2.24) is 4.98 Å². The fourth-order valence-corrected chi connectivity index (χ4v) is 3.13. The highest BCUT2D eigenvalue weighted by Crippen LogP contribution is 2.23. The zero-order chi connectivity index (χ0) is 15.4. The molecule has 1 aromatic heterocycles. The Morgan fingerprint density at radius 2 is 1.61 bits per heavy atom.